The number of hydrogen-bond donors (Lipinski definition) is 4. The predicted molar refractivity (Wildman–Crippen MR) is 118 cm³/mol. The molecule has 0 spiro atoms. The Morgan fingerprint density at radius 2 is 2.13 bits per heavy atom. The molecule has 164 valence electrons. The number of amides is 1. The Morgan fingerprint density at radius 1 is 1.32 bits per heavy atom. The molecule has 0 bridgehead atoms. The maximum Gasteiger partial charge on any atom is 0.250 e. The highest BCUT2D eigenvalue weighted by molar-refractivity contribution is 7.91. The Bertz CT molecular complexity index is 1200. The zero-order valence-electron chi connectivity index (χ0n) is 16.5. The number of carbonyl (C=O) groups is 1. The van der Waals surface area contributed by atoms with Gasteiger partial charge in [0.15, 0.2) is 17.5 Å². The molecule has 3 aromatic rings. The molecule has 0 radical (unpaired) electrons. The van der Waals surface area contributed by atoms with E-state index in [1.807, 2.05) is 6.07 Å². The molecule has 1 aliphatic rings. The lowest BCUT2D eigenvalue weighted by Gasteiger charge is -2.06. The lowest BCUT2D eigenvalue weighted by atomic mass is 10.3. The van der Waals surface area contributed by atoms with Gasteiger partial charge in [0.2, 0.25) is 15.9 Å². The van der Waals surface area contributed by atoms with Crippen LogP contribution in [0, 0.1) is 0 Å². The molecular formula is C18H20ClN7O3S2. The highest BCUT2D eigenvalue weighted by atomic mass is 35.5. The van der Waals surface area contributed by atoms with Gasteiger partial charge in [-0.15, -0.1) is 11.3 Å². The zero-order chi connectivity index (χ0) is 22.0. The van der Waals surface area contributed by atoms with Crippen LogP contribution in [-0.2, 0) is 14.8 Å². The molecule has 0 atom stereocenters. The summed E-state index contributed by atoms with van der Waals surface area (Å²) < 4.78 is 27.5. The Kier molecular flexibility index (Phi) is 6.23. The Balaban J connectivity index is 1.47. The van der Waals surface area contributed by atoms with Crippen molar-refractivity contribution in [3.05, 3.63) is 35.1 Å². The number of nitrogens with zero attached hydrogens (tertiary/aromatic N) is 3. The van der Waals surface area contributed by atoms with E-state index in [1.165, 1.54) is 19.2 Å². The molecule has 0 saturated heterocycles. The van der Waals surface area contributed by atoms with E-state index < -0.39 is 10.0 Å². The second kappa shape index (κ2) is 8.91. The van der Waals surface area contributed by atoms with E-state index in [0.29, 0.717) is 33.3 Å². The standard InChI is InChI=1S/C18H20ClN7O3S2/c1-10(27)20-6-7-22-31(28,29)16-5-4-14(30-16)18-21-9-12(19)17(24-18)23-15-8-13(25-26-15)11-2-3-11/h4-5,8-9,11,22H,2-3,6-7H2,1H3,(H,20,27)(H2,21,23,24,25,26). The number of sulfonamides is 1. The Hall–Kier alpha value is -2.54. The van der Waals surface area contributed by atoms with Gasteiger partial charge in [0.25, 0.3) is 0 Å². The third-order valence-corrected chi connectivity index (χ3v) is 7.77. The van der Waals surface area contributed by atoms with E-state index in [0.717, 1.165) is 29.9 Å². The number of rotatable bonds is 9. The van der Waals surface area contributed by atoms with Crippen LogP contribution in [0.15, 0.2) is 28.6 Å². The summed E-state index contributed by atoms with van der Waals surface area (Å²) in [5.74, 6) is 1.64. The summed E-state index contributed by atoms with van der Waals surface area (Å²) in [6, 6.07) is 5.06. The van der Waals surface area contributed by atoms with Crippen molar-refractivity contribution < 1.29 is 13.2 Å². The van der Waals surface area contributed by atoms with Crippen molar-refractivity contribution in [3.8, 4) is 10.7 Å². The summed E-state index contributed by atoms with van der Waals surface area (Å²) in [5, 5.41) is 13.2. The van der Waals surface area contributed by atoms with Gasteiger partial charge in [0.05, 0.1) is 11.1 Å². The van der Waals surface area contributed by atoms with E-state index in [-0.39, 0.29) is 23.2 Å². The van der Waals surface area contributed by atoms with Crippen molar-refractivity contribution in [1.29, 1.82) is 0 Å². The van der Waals surface area contributed by atoms with Crippen LogP contribution in [0.25, 0.3) is 10.7 Å². The van der Waals surface area contributed by atoms with Crippen LogP contribution in [0.4, 0.5) is 11.6 Å². The lowest BCUT2D eigenvalue weighted by molar-refractivity contribution is -0.118. The fourth-order valence-electron chi connectivity index (χ4n) is 2.78. The van der Waals surface area contributed by atoms with E-state index >= 15 is 0 Å². The monoisotopic (exact) mass is 481 g/mol. The number of thiophene rings is 1. The summed E-state index contributed by atoms with van der Waals surface area (Å²) >= 11 is 7.27. The number of aromatic amines is 1. The highest BCUT2D eigenvalue weighted by Gasteiger charge is 2.25. The Morgan fingerprint density at radius 3 is 2.87 bits per heavy atom. The summed E-state index contributed by atoms with van der Waals surface area (Å²) in [4.78, 5) is 20.1. The number of carbonyl (C=O) groups excluding carboxylic acids is 1. The lowest BCUT2D eigenvalue weighted by Crippen LogP contribution is -2.33. The first-order chi connectivity index (χ1) is 14.8. The molecule has 4 rings (SSSR count). The second-order valence-corrected chi connectivity index (χ2v) is 10.5. The normalized spacial score (nSPS) is 13.9. The van der Waals surface area contributed by atoms with Gasteiger partial charge >= 0.3 is 0 Å². The van der Waals surface area contributed by atoms with Gasteiger partial charge in [-0.25, -0.2) is 23.1 Å². The summed E-state index contributed by atoms with van der Waals surface area (Å²) in [6.45, 7) is 1.67. The topological polar surface area (TPSA) is 142 Å². The number of anilines is 2. The average Bonchev–Trinajstić information content (AvgIpc) is 3.25. The largest absolute Gasteiger partial charge is 0.355 e. The van der Waals surface area contributed by atoms with Crippen LogP contribution >= 0.6 is 22.9 Å². The third kappa shape index (κ3) is 5.39. The predicted octanol–water partition coefficient (Wildman–Crippen LogP) is 2.62. The number of nitrogens with one attached hydrogen (secondary N) is 4. The second-order valence-electron chi connectivity index (χ2n) is 7.00. The molecule has 1 amide bonds. The minimum absolute atomic E-state index is 0.0904. The molecular weight excluding hydrogens is 462 g/mol. The first kappa shape index (κ1) is 21.7. The molecule has 3 aromatic heterocycles. The Labute approximate surface area is 187 Å². The molecule has 0 aromatic carbocycles. The molecule has 4 N–H and O–H groups in total. The molecule has 31 heavy (non-hydrogen) atoms. The van der Waals surface area contributed by atoms with Crippen LogP contribution in [-0.4, -0.2) is 47.6 Å². The van der Waals surface area contributed by atoms with E-state index in [1.54, 1.807) is 6.07 Å². The maximum atomic E-state index is 12.4. The smallest absolute Gasteiger partial charge is 0.250 e. The molecule has 10 nitrogen and oxygen atoms in total. The van der Waals surface area contributed by atoms with Crippen LogP contribution in [0.5, 0.6) is 0 Å². The van der Waals surface area contributed by atoms with Crippen molar-refractivity contribution in [3.63, 3.8) is 0 Å². The summed E-state index contributed by atoms with van der Waals surface area (Å²) in [7, 11) is -3.71. The third-order valence-electron chi connectivity index (χ3n) is 4.46. The van der Waals surface area contributed by atoms with E-state index in [4.69, 9.17) is 11.6 Å². The quantitative estimate of drug-likeness (QED) is 0.344. The van der Waals surface area contributed by atoms with Crippen LogP contribution < -0.4 is 15.4 Å². The van der Waals surface area contributed by atoms with Gasteiger partial charge in [-0.05, 0) is 25.0 Å². The molecule has 1 saturated carbocycles. The van der Waals surface area contributed by atoms with Gasteiger partial charge in [-0.2, -0.15) is 5.10 Å². The fraction of sp³-hybridized carbons (Fsp3) is 0.333. The minimum atomic E-state index is -3.71. The highest BCUT2D eigenvalue weighted by Crippen LogP contribution is 2.40. The maximum absolute atomic E-state index is 12.4. The number of hydrogen-bond acceptors (Lipinski definition) is 8. The van der Waals surface area contributed by atoms with Crippen molar-refractivity contribution in [2.24, 2.45) is 0 Å². The van der Waals surface area contributed by atoms with E-state index in [2.05, 4.69) is 35.5 Å². The molecule has 1 aliphatic carbocycles. The molecule has 13 heteroatoms. The van der Waals surface area contributed by atoms with Gasteiger partial charge in [0.1, 0.15) is 9.23 Å². The van der Waals surface area contributed by atoms with Gasteiger partial charge in [-0.1, -0.05) is 11.6 Å². The number of halogens is 1. The number of H-pyrrole nitrogens is 1. The summed E-state index contributed by atoms with van der Waals surface area (Å²) in [6.07, 6.45) is 3.78. The van der Waals surface area contributed by atoms with Crippen molar-refractivity contribution in [2.75, 3.05) is 18.4 Å². The minimum Gasteiger partial charge on any atom is -0.355 e. The van der Waals surface area contributed by atoms with Crippen LogP contribution in [0.3, 0.4) is 0 Å². The average molecular weight is 482 g/mol. The van der Waals surface area contributed by atoms with Crippen molar-refractivity contribution in [2.45, 2.75) is 29.9 Å². The molecule has 0 unspecified atom stereocenters. The fourth-order valence-corrected chi connectivity index (χ4v) is 5.24. The first-order valence-electron chi connectivity index (χ1n) is 9.51. The molecule has 3 heterocycles. The van der Waals surface area contributed by atoms with Gasteiger partial charge < -0.3 is 10.6 Å². The van der Waals surface area contributed by atoms with Gasteiger partial charge in [-0.3, -0.25) is 9.89 Å². The number of aromatic nitrogens is 4. The van der Waals surface area contributed by atoms with Crippen molar-refractivity contribution in [1.82, 2.24) is 30.2 Å². The first-order valence-corrected chi connectivity index (χ1v) is 12.2. The summed E-state index contributed by atoms with van der Waals surface area (Å²) in [5.41, 5.74) is 1.08. The molecule has 0 aliphatic heterocycles. The van der Waals surface area contributed by atoms with Crippen LogP contribution in [0.1, 0.15) is 31.4 Å². The molecule has 1 fully saturated rings. The van der Waals surface area contributed by atoms with Gasteiger partial charge in [0, 0.05) is 37.7 Å². The zero-order valence-corrected chi connectivity index (χ0v) is 18.9. The SMILES string of the molecule is CC(=O)NCCNS(=O)(=O)c1ccc(-c2ncc(Cl)c(Nc3cc(C4CC4)[nH]n3)n2)s1. The van der Waals surface area contributed by atoms with E-state index in [9.17, 15) is 13.2 Å². The van der Waals surface area contributed by atoms with Crippen LogP contribution in [0.2, 0.25) is 5.02 Å². The van der Waals surface area contributed by atoms with Crippen molar-refractivity contribution >= 4 is 50.5 Å².